The van der Waals surface area contributed by atoms with Crippen molar-refractivity contribution in [3.8, 4) is 0 Å². The molecule has 0 spiro atoms. The molecule has 1 N–H and O–H groups in total. The van der Waals surface area contributed by atoms with Crippen molar-refractivity contribution < 1.29 is 9.90 Å². The molecule has 2 heterocycles. The van der Waals surface area contributed by atoms with E-state index in [2.05, 4.69) is 9.88 Å². The maximum absolute atomic E-state index is 10.8. The number of pyridine rings is 1. The molecular weight excluding hydrogens is 264 g/mol. The normalized spacial score (nSPS) is 21.0. The maximum Gasteiger partial charge on any atom is 0.303 e. The predicted octanol–water partition coefficient (Wildman–Crippen LogP) is 2.81. The minimum Gasteiger partial charge on any atom is -0.481 e. The molecular formula is C14H19ClN2O2. The predicted molar refractivity (Wildman–Crippen MR) is 74.1 cm³/mol. The first-order chi connectivity index (χ1) is 9.15. The van der Waals surface area contributed by atoms with E-state index in [1.807, 2.05) is 6.07 Å². The quantitative estimate of drug-likeness (QED) is 0.923. The molecule has 1 saturated heterocycles. The summed E-state index contributed by atoms with van der Waals surface area (Å²) in [7, 11) is 0. The van der Waals surface area contributed by atoms with Gasteiger partial charge in [-0.1, -0.05) is 11.6 Å². The molecule has 5 heteroatoms. The van der Waals surface area contributed by atoms with Crippen LogP contribution < -0.4 is 0 Å². The van der Waals surface area contributed by atoms with Gasteiger partial charge >= 0.3 is 5.97 Å². The molecule has 19 heavy (non-hydrogen) atoms. The Bertz CT molecular complexity index is 439. The van der Waals surface area contributed by atoms with Gasteiger partial charge in [0, 0.05) is 25.4 Å². The molecule has 0 amide bonds. The molecule has 1 aromatic rings. The number of hydrogen-bond acceptors (Lipinski definition) is 3. The summed E-state index contributed by atoms with van der Waals surface area (Å²) >= 11 is 6.11. The number of nitrogens with zero attached hydrogens (tertiary/aromatic N) is 2. The van der Waals surface area contributed by atoms with Crippen LogP contribution in [0.1, 0.15) is 31.2 Å². The van der Waals surface area contributed by atoms with Gasteiger partial charge in [-0.3, -0.25) is 14.7 Å². The lowest BCUT2D eigenvalue weighted by Crippen LogP contribution is -2.24. The number of likely N-dealkylation sites (tertiary alicyclic amines) is 1. The van der Waals surface area contributed by atoms with E-state index in [1.165, 1.54) is 0 Å². The van der Waals surface area contributed by atoms with Crippen LogP contribution in [0, 0.1) is 5.92 Å². The summed E-state index contributed by atoms with van der Waals surface area (Å²) in [5.41, 5.74) is 1.09. The van der Waals surface area contributed by atoms with Crippen molar-refractivity contribution in [2.75, 3.05) is 13.1 Å². The van der Waals surface area contributed by atoms with Gasteiger partial charge in [0.1, 0.15) is 0 Å². The summed E-state index contributed by atoms with van der Waals surface area (Å²) in [6.45, 7) is 2.77. The number of aliphatic carboxylic acids is 1. The van der Waals surface area contributed by atoms with Gasteiger partial charge in [-0.25, -0.2) is 0 Å². The second-order valence-corrected chi connectivity index (χ2v) is 5.55. The molecule has 1 aromatic heterocycles. The second kappa shape index (κ2) is 6.87. The van der Waals surface area contributed by atoms with Gasteiger partial charge < -0.3 is 5.11 Å². The molecule has 0 saturated carbocycles. The highest BCUT2D eigenvalue weighted by Gasteiger charge is 2.19. The molecule has 1 atom stereocenters. The van der Waals surface area contributed by atoms with Crippen molar-refractivity contribution in [1.29, 1.82) is 0 Å². The van der Waals surface area contributed by atoms with Crippen molar-refractivity contribution >= 4 is 17.6 Å². The van der Waals surface area contributed by atoms with Crippen LogP contribution in [0.4, 0.5) is 0 Å². The Morgan fingerprint density at radius 3 is 3.05 bits per heavy atom. The molecule has 2 rings (SSSR count). The van der Waals surface area contributed by atoms with E-state index in [1.54, 1.807) is 12.4 Å². The third-order valence-electron chi connectivity index (χ3n) is 3.65. The average Bonchev–Trinajstić information content (AvgIpc) is 2.57. The Hall–Kier alpha value is -1.13. The molecule has 4 nitrogen and oxygen atoms in total. The minimum atomic E-state index is -0.685. The van der Waals surface area contributed by atoms with E-state index < -0.39 is 5.97 Å². The molecule has 0 unspecified atom stereocenters. The molecule has 104 valence electrons. The Balaban J connectivity index is 1.89. The van der Waals surface area contributed by atoms with Crippen LogP contribution in [0.25, 0.3) is 0 Å². The SMILES string of the molecule is O=C(O)C[C@@H]1CCCN(Cc2ccncc2Cl)CC1. The van der Waals surface area contributed by atoms with E-state index in [0.29, 0.717) is 17.4 Å². The number of halogens is 1. The minimum absolute atomic E-state index is 0.295. The fraction of sp³-hybridized carbons (Fsp3) is 0.571. The number of hydrogen-bond donors (Lipinski definition) is 1. The molecule has 0 aliphatic carbocycles. The summed E-state index contributed by atoms with van der Waals surface area (Å²) in [5.74, 6) is -0.369. The topological polar surface area (TPSA) is 53.4 Å². The van der Waals surface area contributed by atoms with Crippen molar-refractivity contribution in [3.05, 3.63) is 29.0 Å². The lowest BCUT2D eigenvalue weighted by atomic mass is 9.97. The zero-order valence-electron chi connectivity index (χ0n) is 10.9. The number of aromatic nitrogens is 1. The summed E-state index contributed by atoms with van der Waals surface area (Å²) in [4.78, 5) is 17.1. The molecule has 0 aromatic carbocycles. The van der Waals surface area contributed by atoms with Crippen molar-refractivity contribution in [2.45, 2.75) is 32.2 Å². The maximum atomic E-state index is 10.8. The summed E-state index contributed by atoms with van der Waals surface area (Å²) in [5, 5.41) is 9.56. The van der Waals surface area contributed by atoms with Gasteiger partial charge in [0.25, 0.3) is 0 Å². The molecule has 1 aliphatic heterocycles. The van der Waals surface area contributed by atoms with Crippen LogP contribution in [0.5, 0.6) is 0 Å². The van der Waals surface area contributed by atoms with E-state index in [9.17, 15) is 4.79 Å². The van der Waals surface area contributed by atoms with Crippen LogP contribution in [0.15, 0.2) is 18.5 Å². The summed E-state index contributed by atoms with van der Waals surface area (Å²) in [6, 6.07) is 1.95. The van der Waals surface area contributed by atoms with Crippen LogP contribution in [0.2, 0.25) is 5.02 Å². The largest absolute Gasteiger partial charge is 0.481 e. The summed E-state index contributed by atoms with van der Waals surface area (Å²) < 4.78 is 0. The van der Waals surface area contributed by atoms with E-state index in [4.69, 9.17) is 16.7 Å². The third-order valence-corrected chi connectivity index (χ3v) is 3.99. The zero-order valence-corrected chi connectivity index (χ0v) is 11.6. The van der Waals surface area contributed by atoms with Gasteiger partial charge in [-0.15, -0.1) is 0 Å². The smallest absolute Gasteiger partial charge is 0.303 e. The van der Waals surface area contributed by atoms with Gasteiger partial charge in [0.2, 0.25) is 0 Å². The Morgan fingerprint density at radius 2 is 2.32 bits per heavy atom. The highest BCUT2D eigenvalue weighted by molar-refractivity contribution is 6.31. The Kier molecular flexibility index (Phi) is 5.16. The van der Waals surface area contributed by atoms with Crippen molar-refractivity contribution in [2.24, 2.45) is 5.92 Å². The fourth-order valence-electron chi connectivity index (χ4n) is 2.61. The average molecular weight is 283 g/mol. The van der Waals surface area contributed by atoms with Crippen LogP contribution in [0.3, 0.4) is 0 Å². The fourth-order valence-corrected chi connectivity index (χ4v) is 2.79. The molecule has 1 fully saturated rings. The number of carboxylic acids is 1. The molecule has 1 aliphatic rings. The highest BCUT2D eigenvalue weighted by atomic mass is 35.5. The number of carboxylic acid groups (broad SMARTS) is 1. The number of rotatable bonds is 4. The Labute approximate surface area is 118 Å². The van der Waals surface area contributed by atoms with Gasteiger partial charge in [0.15, 0.2) is 0 Å². The van der Waals surface area contributed by atoms with E-state index >= 15 is 0 Å². The third kappa shape index (κ3) is 4.48. The molecule has 0 bridgehead atoms. The lowest BCUT2D eigenvalue weighted by molar-refractivity contribution is -0.138. The monoisotopic (exact) mass is 282 g/mol. The van der Waals surface area contributed by atoms with E-state index in [0.717, 1.165) is 44.5 Å². The second-order valence-electron chi connectivity index (χ2n) is 5.14. The first-order valence-corrected chi connectivity index (χ1v) is 7.05. The van der Waals surface area contributed by atoms with Gasteiger partial charge in [-0.2, -0.15) is 0 Å². The Morgan fingerprint density at radius 1 is 1.47 bits per heavy atom. The number of carbonyl (C=O) groups is 1. The first-order valence-electron chi connectivity index (χ1n) is 6.67. The van der Waals surface area contributed by atoms with Gasteiger partial charge in [0.05, 0.1) is 5.02 Å². The summed E-state index contributed by atoms with van der Waals surface area (Å²) in [6.07, 6.45) is 6.74. The molecule has 0 radical (unpaired) electrons. The van der Waals surface area contributed by atoms with Gasteiger partial charge in [-0.05, 0) is 49.9 Å². The van der Waals surface area contributed by atoms with E-state index in [-0.39, 0.29) is 0 Å². The lowest BCUT2D eigenvalue weighted by Gasteiger charge is -2.20. The van der Waals surface area contributed by atoms with Crippen LogP contribution >= 0.6 is 11.6 Å². The van der Waals surface area contributed by atoms with Crippen LogP contribution in [-0.2, 0) is 11.3 Å². The standard InChI is InChI=1S/C14H19ClN2O2/c15-13-9-16-5-3-12(13)10-17-6-1-2-11(4-7-17)8-14(18)19/h3,5,9,11H,1-2,4,6-8,10H2,(H,18,19)/t11-/m1/s1. The van der Waals surface area contributed by atoms with Crippen LogP contribution in [-0.4, -0.2) is 34.0 Å². The highest BCUT2D eigenvalue weighted by Crippen LogP contribution is 2.23. The van der Waals surface area contributed by atoms with Crippen molar-refractivity contribution in [1.82, 2.24) is 9.88 Å². The first kappa shape index (κ1) is 14.3. The zero-order chi connectivity index (χ0) is 13.7. The van der Waals surface area contributed by atoms with Crippen molar-refractivity contribution in [3.63, 3.8) is 0 Å².